The third kappa shape index (κ3) is 3.91. The summed E-state index contributed by atoms with van der Waals surface area (Å²) in [5, 5.41) is 3.81. The second kappa shape index (κ2) is 8.23. The molecule has 1 N–H and O–H groups in total. The average Bonchev–Trinajstić information content (AvgIpc) is 3.15. The minimum atomic E-state index is -1.32. The van der Waals surface area contributed by atoms with Crippen LogP contribution in [-0.4, -0.2) is 40.3 Å². The highest BCUT2D eigenvalue weighted by Gasteiger charge is 2.14. The third-order valence-corrected chi connectivity index (χ3v) is 5.74. The lowest BCUT2D eigenvalue weighted by Gasteiger charge is -2.11. The summed E-state index contributed by atoms with van der Waals surface area (Å²) in [4.78, 5) is 21.2. The van der Waals surface area contributed by atoms with E-state index < -0.39 is 11.2 Å². The molecule has 0 aliphatic heterocycles. The van der Waals surface area contributed by atoms with Crippen molar-refractivity contribution < 1.29 is 9.29 Å². The Morgan fingerprint density at radius 2 is 1.94 bits per heavy atom. The summed E-state index contributed by atoms with van der Waals surface area (Å²) in [5.41, 5.74) is 3.53. The van der Waals surface area contributed by atoms with Crippen LogP contribution in [0, 0.1) is 0 Å². The van der Waals surface area contributed by atoms with Crippen molar-refractivity contribution in [2.45, 2.75) is 5.16 Å². The molecule has 0 bridgehead atoms. The van der Waals surface area contributed by atoms with Gasteiger partial charge in [-0.1, -0.05) is 11.6 Å². The Morgan fingerprint density at radius 3 is 2.75 bits per heavy atom. The summed E-state index contributed by atoms with van der Waals surface area (Å²) in [5.74, 6) is 1.60. The van der Waals surface area contributed by atoms with Gasteiger partial charge in [0.05, 0.1) is 28.6 Å². The van der Waals surface area contributed by atoms with Gasteiger partial charge in [-0.05, 0) is 30.3 Å². The number of anilines is 2. The van der Waals surface area contributed by atoms with Crippen molar-refractivity contribution in [1.29, 1.82) is 0 Å². The van der Waals surface area contributed by atoms with Crippen LogP contribution in [-0.2, 0) is 18.2 Å². The van der Waals surface area contributed by atoms with E-state index in [4.69, 9.17) is 16.3 Å². The Balaban J connectivity index is 1.41. The first-order valence-electron chi connectivity index (χ1n) is 9.44. The number of aromatic nitrogens is 6. The third-order valence-electron chi connectivity index (χ3n) is 4.73. The molecule has 0 spiro atoms. The topological polar surface area (TPSA) is 114 Å². The van der Waals surface area contributed by atoms with Gasteiger partial charge in [0, 0.05) is 30.0 Å². The molecule has 3 heterocycles. The van der Waals surface area contributed by atoms with Crippen LogP contribution in [0.25, 0.3) is 22.1 Å². The smallest absolute Gasteiger partial charge is 0.343 e. The predicted molar refractivity (Wildman–Crippen MR) is 123 cm³/mol. The molecular weight excluding hydrogens is 450 g/mol. The molecule has 0 saturated heterocycles. The first kappa shape index (κ1) is 20.4. The maximum atomic E-state index is 11.8. The van der Waals surface area contributed by atoms with Crippen LogP contribution < -0.4 is 10.1 Å². The molecular formula is C21H16ClN7O2S. The molecule has 160 valence electrons. The lowest BCUT2D eigenvalue weighted by molar-refractivity contribution is 0.483. The number of hydrogen-bond acceptors (Lipinski definition) is 8. The molecule has 5 aromatic rings. The van der Waals surface area contributed by atoms with Crippen molar-refractivity contribution >= 4 is 56.3 Å². The molecule has 2 aromatic carbocycles. The van der Waals surface area contributed by atoms with E-state index in [1.165, 1.54) is 18.8 Å². The zero-order valence-electron chi connectivity index (χ0n) is 17.0. The summed E-state index contributed by atoms with van der Waals surface area (Å²) in [6.07, 6.45) is 6.20. The number of benzene rings is 2. The van der Waals surface area contributed by atoms with E-state index >= 15 is 0 Å². The van der Waals surface area contributed by atoms with Crippen molar-refractivity contribution in [3.63, 3.8) is 0 Å². The van der Waals surface area contributed by atoms with Crippen LogP contribution >= 0.6 is 11.6 Å². The number of imidazole rings is 1. The van der Waals surface area contributed by atoms with Crippen LogP contribution in [0.2, 0.25) is 5.02 Å². The van der Waals surface area contributed by atoms with Crippen molar-refractivity contribution in [2.24, 2.45) is 7.05 Å². The molecule has 0 radical (unpaired) electrons. The summed E-state index contributed by atoms with van der Waals surface area (Å²) in [6, 6.07) is 11.0. The number of halogens is 1. The van der Waals surface area contributed by atoms with Crippen LogP contribution in [0.4, 0.5) is 11.5 Å². The number of nitrogens with zero attached hydrogens (tertiary/aromatic N) is 6. The maximum Gasteiger partial charge on any atom is 0.343 e. The molecule has 3 aromatic heterocycles. The van der Waals surface area contributed by atoms with Crippen molar-refractivity contribution in [3.05, 3.63) is 60.3 Å². The average molecular weight is 466 g/mol. The Hall–Kier alpha value is -3.47. The van der Waals surface area contributed by atoms with E-state index in [1.807, 2.05) is 35.9 Å². The Morgan fingerprint density at radius 1 is 1.06 bits per heavy atom. The minimum Gasteiger partial charge on any atom is -0.609 e. The monoisotopic (exact) mass is 465 g/mol. The molecule has 0 aliphatic carbocycles. The Kier molecular flexibility index (Phi) is 5.25. The fourth-order valence-electron chi connectivity index (χ4n) is 3.17. The SMILES string of the molecule is Cn1cnc2cc(Oc3ccc(Nc4ncnc5cnc([S+](C)[O-])nc45)cc3Cl)ccc21. The van der Waals surface area contributed by atoms with Gasteiger partial charge in [0.15, 0.2) is 5.82 Å². The zero-order chi connectivity index (χ0) is 22.2. The largest absolute Gasteiger partial charge is 0.609 e. The molecule has 32 heavy (non-hydrogen) atoms. The van der Waals surface area contributed by atoms with Gasteiger partial charge in [-0.15, -0.1) is 0 Å². The molecule has 9 nitrogen and oxygen atoms in total. The summed E-state index contributed by atoms with van der Waals surface area (Å²) >= 11 is 5.15. The van der Waals surface area contributed by atoms with Crippen molar-refractivity contribution in [1.82, 2.24) is 29.5 Å². The van der Waals surface area contributed by atoms with Gasteiger partial charge >= 0.3 is 5.16 Å². The fourth-order valence-corrected chi connectivity index (χ4v) is 3.81. The second-order valence-corrected chi connectivity index (χ2v) is 8.62. The highest BCUT2D eigenvalue weighted by atomic mass is 35.5. The van der Waals surface area contributed by atoms with E-state index in [1.54, 1.807) is 18.5 Å². The van der Waals surface area contributed by atoms with Crippen LogP contribution in [0.3, 0.4) is 0 Å². The number of nitrogens with one attached hydrogen (secondary N) is 1. The number of ether oxygens (including phenoxy) is 1. The van der Waals surface area contributed by atoms with E-state index in [-0.39, 0.29) is 5.16 Å². The van der Waals surface area contributed by atoms with E-state index in [2.05, 4.69) is 30.2 Å². The normalized spacial score (nSPS) is 12.2. The molecule has 0 fully saturated rings. The standard InChI is InChI=1S/C21H16ClN7O2S/c1-29-11-26-15-8-13(4-5-17(15)29)31-18-6-3-12(7-14(18)22)27-20-19-16(24-10-25-20)9-23-21(28-19)32(2)30/h3-11H,1-2H3,(H,24,25,27). The quantitative estimate of drug-likeness (QED) is 0.303. The second-order valence-electron chi connectivity index (χ2n) is 6.94. The highest BCUT2D eigenvalue weighted by molar-refractivity contribution is 7.90. The zero-order valence-corrected chi connectivity index (χ0v) is 18.6. The van der Waals surface area contributed by atoms with Crippen LogP contribution in [0.15, 0.2) is 60.4 Å². The predicted octanol–water partition coefficient (Wildman–Crippen LogP) is 4.23. The lowest BCUT2D eigenvalue weighted by Crippen LogP contribution is -2.06. The molecule has 0 aliphatic rings. The summed E-state index contributed by atoms with van der Waals surface area (Å²) in [7, 11) is 1.94. The number of hydrogen-bond donors (Lipinski definition) is 1. The Labute approximate surface area is 190 Å². The van der Waals surface area contributed by atoms with Crippen LogP contribution in [0.1, 0.15) is 0 Å². The molecule has 5 rings (SSSR count). The first-order valence-corrected chi connectivity index (χ1v) is 11.4. The summed E-state index contributed by atoms with van der Waals surface area (Å²) in [6.45, 7) is 0. The van der Waals surface area contributed by atoms with Gasteiger partial charge in [-0.25, -0.2) is 15.0 Å². The van der Waals surface area contributed by atoms with Gasteiger partial charge < -0.3 is 19.2 Å². The first-order chi connectivity index (χ1) is 15.5. The molecule has 0 saturated carbocycles. The van der Waals surface area contributed by atoms with Crippen molar-refractivity contribution in [3.8, 4) is 11.5 Å². The number of aryl methyl sites for hydroxylation is 1. The fraction of sp³-hybridized carbons (Fsp3) is 0.0952. The molecule has 1 atom stereocenters. The van der Waals surface area contributed by atoms with E-state index in [0.717, 1.165) is 11.0 Å². The highest BCUT2D eigenvalue weighted by Crippen LogP contribution is 2.34. The van der Waals surface area contributed by atoms with Gasteiger partial charge in [0.2, 0.25) is 0 Å². The Bertz CT molecular complexity index is 1460. The van der Waals surface area contributed by atoms with Crippen molar-refractivity contribution in [2.75, 3.05) is 11.6 Å². The van der Waals surface area contributed by atoms with E-state index in [0.29, 0.717) is 39.1 Å². The van der Waals surface area contributed by atoms with Gasteiger partial charge in [-0.3, -0.25) is 0 Å². The molecule has 1 unspecified atom stereocenters. The number of fused-ring (bicyclic) bond motifs is 2. The van der Waals surface area contributed by atoms with Crippen LogP contribution in [0.5, 0.6) is 11.5 Å². The molecule has 11 heteroatoms. The van der Waals surface area contributed by atoms with Gasteiger partial charge in [0.1, 0.15) is 35.1 Å². The molecule has 0 amide bonds. The van der Waals surface area contributed by atoms with Gasteiger partial charge in [-0.2, -0.15) is 9.97 Å². The lowest BCUT2D eigenvalue weighted by atomic mass is 10.2. The van der Waals surface area contributed by atoms with E-state index in [9.17, 15) is 4.55 Å². The summed E-state index contributed by atoms with van der Waals surface area (Å²) < 4.78 is 19.6. The minimum absolute atomic E-state index is 0.210. The van der Waals surface area contributed by atoms with Gasteiger partial charge in [0.25, 0.3) is 0 Å². The maximum absolute atomic E-state index is 11.8. The number of rotatable bonds is 5.